The highest BCUT2D eigenvalue weighted by molar-refractivity contribution is 5.99. The second-order valence-electron chi connectivity index (χ2n) is 6.16. The Labute approximate surface area is 171 Å². The van der Waals surface area contributed by atoms with Crippen LogP contribution in [0, 0.1) is 11.6 Å². The minimum absolute atomic E-state index is 0.00312. The van der Waals surface area contributed by atoms with Gasteiger partial charge in [-0.25, -0.2) is 18.3 Å². The van der Waals surface area contributed by atoms with Crippen molar-refractivity contribution >= 4 is 11.8 Å². The molecule has 0 bridgehead atoms. The summed E-state index contributed by atoms with van der Waals surface area (Å²) in [4.78, 5) is 24.3. The van der Waals surface area contributed by atoms with Gasteiger partial charge >= 0.3 is 12.1 Å². The number of alkyl halides is 3. The standard InChI is InChI=1S/C20H13F5N2O4/c1-30-17-9-27(13-4-2-3-11(7-13)20(23,24)25)26-18(17)19(29)31-10-16(28)14-6-5-12(21)8-15(14)22/h2-9H,10H2,1H3. The molecule has 162 valence electrons. The highest BCUT2D eigenvalue weighted by atomic mass is 19.4. The first kappa shape index (κ1) is 21.9. The van der Waals surface area contributed by atoms with Crippen molar-refractivity contribution in [2.75, 3.05) is 13.7 Å². The number of nitrogens with zero attached hydrogens (tertiary/aromatic N) is 2. The summed E-state index contributed by atoms with van der Waals surface area (Å²) in [5, 5.41) is 3.87. The van der Waals surface area contributed by atoms with Crippen molar-refractivity contribution in [2.45, 2.75) is 6.18 Å². The van der Waals surface area contributed by atoms with Crippen LogP contribution in [0.2, 0.25) is 0 Å². The summed E-state index contributed by atoms with van der Waals surface area (Å²) in [6.07, 6.45) is -3.42. The van der Waals surface area contributed by atoms with E-state index in [-0.39, 0.29) is 11.4 Å². The second-order valence-corrected chi connectivity index (χ2v) is 6.16. The number of ether oxygens (including phenoxy) is 2. The molecular formula is C20H13F5N2O4. The Morgan fingerprint density at radius 3 is 2.48 bits per heavy atom. The van der Waals surface area contributed by atoms with Crippen molar-refractivity contribution in [2.24, 2.45) is 0 Å². The molecule has 1 aromatic heterocycles. The zero-order chi connectivity index (χ0) is 22.8. The van der Waals surface area contributed by atoms with Crippen LogP contribution in [-0.2, 0) is 10.9 Å². The summed E-state index contributed by atoms with van der Waals surface area (Å²) < 4.78 is 76.1. The molecule has 1 heterocycles. The Morgan fingerprint density at radius 1 is 1.10 bits per heavy atom. The van der Waals surface area contributed by atoms with E-state index in [0.717, 1.165) is 35.1 Å². The number of carbonyl (C=O) groups is 2. The third-order valence-corrected chi connectivity index (χ3v) is 4.10. The van der Waals surface area contributed by atoms with Crippen molar-refractivity contribution in [1.29, 1.82) is 0 Å². The largest absolute Gasteiger partial charge is 0.493 e. The number of Topliss-reactive ketones (excluding diaryl/α,β-unsaturated/α-hetero) is 1. The van der Waals surface area contributed by atoms with Crippen molar-refractivity contribution < 1.29 is 41.0 Å². The quantitative estimate of drug-likeness (QED) is 0.326. The molecule has 0 N–H and O–H groups in total. The smallest absolute Gasteiger partial charge is 0.416 e. The Kier molecular flexibility index (Phi) is 6.04. The van der Waals surface area contributed by atoms with Crippen LogP contribution in [0.5, 0.6) is 5.75 Å². The average molecular weight is 440 g/mol. The maximum atomic E-state index is 13.7. The number of methoxy groups -OCH3 is 1. The maximum Gasteiger partial charge on any atom is 0.416 e. The summed E-state index contributed by atoms with van der Waals surface area (Å²) in [7, 11) is 1.20. The molecule has 0 saturated carbocycles. The second kappa shape index (κ2) is 8.54. The van der Waals surface area contributed by atoms with Crippen LogP contribution < -0.4 is 4.74 Å². The summed E-state index contributed by atoms with van der Waals surface area (Å²) in [6, 6.07) is 6.48. The number of hydrogen-bond acceptors (Lipinski definition) is 5. The highest BCUT2D eigenvalue weighted by Crippen LogP contribution is 2.31. The van der Waals surface area contributed by atoms with E-state index >= 15 is 0 Å². The lowest BCUT2D eigenvalue weighted by molar-refractivity contribution is -0.137. The first-order valence-electron chi connectivity index (χ1n) is 8.57. The molecule has 3 aromatic rings. The summed E-state index contributed by atoms with van der Waals surface area (Å²) >= 11 is 0. The Bertz CT molecular complexity index is 1140. The molecule has 2 aromatic carbocycles. The van der Waals surface area contributed by atoms with Crippen LogP contribution in [0.25, 0.3) is 5.69 Å². The van der Waals surface area contributed by atoms with Gasteiger partial charge in [0.05, 0.1) is 30.1 Å². The van der Waals surface area contributed by atoms with Crippen LogP contribution in [0.4, 0.5) is 22.0 Å². The van der Waals surface area contributed by atoms with Crippen molar-refractivity contribution in [3.8, 4) is 11.4 Å². The van der Waals surface area contributed by atoms with Gasteiger partial charge in [-0.05, 0) is 30.3 Å². The van der Waals surface area contributed by atoms with E-state index in [1.807, 2.05) is 0 Å². The third kappa shape index (κ3) is 4.87. The fraction of sp³-hybridized carbons (Fsp3) is 0.150. The molecular weight excluding hydrogens is 427 g/mol. The van der Waals surface area contributed by atoms with Gasteiger partial charge in [-0.3, -0.25) is 4.79 Å². The van der Waals surface area contributed by atoms with Crippen LogP contribution in [0.3, 0.4) is 0 Å². The van der Waals surface area contributed by atoms with Gasteiger partial charge < -0.3 is 9.47 Å². The first-order valence-corrected chi connectivity index (χ1v) is 8.57. The normalized spacial score (nSPS) is 11.3. The predicted octanol–water partition coefficient (Wildman–Crippen LogP) is 4.22. The van der Waals surface area contributed by atoms with E-state index in [2.05, 4.69) is 5.10 Å². The number of hydrogen-bond donors (Lipinski definition) is 0. The average Bonchev–Trinajstić information content (AvgIpc) is 3.16. The van der Waals surface area contributed by atoms with Crippen molar-refractivity contribution in [3.63, 3.8) is 0 Å². The zero-order valence-electron chi connectivity index (χ0n) is 15.7. The van der Waals surface area contributed by atoms with Crippen LogP contribution in [0.15, 0.2) is 48.7 Å². The molecule has 3 rings (SSSR count). The number of rotatable bonds is 6. The Morgan fingerprint density at radius 2 is 1.84 bits per heavy atom. The van der Waals surface area contributed by atoms with Gasteiger partial charge in [-0.2, -0.15) is 18.3 Å². The molecule has 0 saturated heterocycles. The fourth-order valence-electron chi connectivity index (χ4n) is 2.60. The first-order chi connectivity index (χ1) is 14.6. The molecule has 11 heteroatoms. The van der Waals surface area contributed by atoms with Gasteiger partial charge in [0.2, 0.25) is 11.5 Å². The topological polar surface area (TPSA) is 70.4 Å². The fourth-order valence-corrected chi connectivity index (χ4v) is 2.60. The van der Waals surface area contributed by atoms with E-state index in [4.69, 9.17) is 9.47 Å². The van der Waals surface area contributed by atoms with Gasteiger partial charge in [0.25, 0.3) is 0 Å². The van der Waals surface area contributed by atoms with Gasteiger partial charge in [-0.1, -0.05) is 6.07 Å². The molecule has 6 nitrogen and oxygen atoms in total. The van der Waals surface area contributed by atoms with E-state index in [1.54, 1.807) is 0 Å². The lowest BCUT2D eigenvalue weighted by Crippen LogP contribution is -2.16. The molecule has 0 aliphatic heterocycles. The molecule has 0 amide bonds. The van der Waals surface area contributed by atoms with Gasteiger partial charge in [0.1, 0.15) is 11.6 Å². The lowest BCUT2D eigenvalue weighted by atomic mass is 10.1. The third-order valence-electron chi connectivity index (χ3n) is 4.10. The predicted molar refractivity (Wildman–Crippen MR) is 96.1 cm³/mol. The van der Waals surface area contributed by atoms with E-state index in [9.17, 15) is 31.5 Å². The minimum atomic E-state index is -4.58. The molecule has 0 spiro atoms. The van der Waals surface area contributed by atoms with Crippen molar-refractivity contribution in [1.82, 2.24) is 9.78 Å². The van der Waals surface area contributed by atoms with Gasteiger partial charge in [0.15, 0.2) is 12.4 Å². The molecule has 0 atom stereocenters. The number of benzene rings is 2. The van der Waals surface area contributed by atoms with E-state index < -0.39 is 53.0 Å². The molecule has 0 fully saturated rings. The molecule has 0 radical (unpaired) electrons. The summed E-state index contributed by atoms with van der Waals surface area (Å²) in [5.41, 5.74) is -1.81. The van der Waals surface area contributed by atoms with Crippen LogP contribution in [-0.4, -0.2) is 35.2 Å². The monoisotopic (exact) mass is 440 g/mol. The maximum absolute atomic E-state index is 13.7. The number of halogens is 5. The number of esters is 1. The van der Waals surface area contributed by atoms with Gasteiger partial charge in [-0.15, -0.1) is 0 Å². The van der Waals surface area contributed by atoms with E-state index in [0.29, 0.717) is 6.07 Å². The van der Waals surface area contributed by atoms with Crippen molar-refractivity contribution in [3.05, 3.63) is 77.1 Å². The number of ketones is 1. The molecule has 0 unspecified atom stereocenters. The Balaban J connectivity index is 1.79. The number of carbonyl (C=O) groups excluding carboxylic acids is 2. The van der Waals surface area contributed by atoms with E-state index in [1.165, 1.54) is 19.2 Å². The highest BCUT2D eigenvalue weighted by Gasteiger charge is 2.31. The summed E-state index contributed by atoms with van der Waals surface area (Å²) in [5.74, 6) is -4.17. The molecule has 0 aliphatic rings. The van der Waals surface area contributed by atoms with Gasteiger partial charge in [0, 0.05) is 6.07 Å². The summed E-state index contributed by atoms with van der Waals surface area (Å²) in [6.45, 7) is -0.874. The molecule has 31 heavy (non-hydrogen) atoms. The SMILES string of the molecule is COc1cn(-c2cccc(C(F)(F)F)c2)nc1C(=O)OCC(=O)c1ccc(F)cc1F. The van der Waals surface area contributed by atoms with Crippen LogP contribution >= 0.6 is 0 Å². The lowest BCUT2D eigenvalue weighted by Gasteiger charge is -2.08. The minimum Gasteiger partial charge on any atom is -0.493 e. The Hall–Kier alpha value is -3.76. The molecule has 0 aliphatic carbocycles. The number of aromatic nitrogens is 2. The van der Waals surface area contributed by atoms with Crippen LogP contribution in [0.1, 0.15) is 26.4 Å². The zero-order valence-corrected chi connectivity index (χ0v) is 15.7.